The number of primary amides is 1. The van der Waals surface area contributed by atoms with Crippen molar-refractivity contribution >= 4 is 17.5 Å². The maximum Gasteiger partial charge on any atom is 0.265 e. The smallest absolute Gasteiger partial charge is 0.265 e. The average molecular weight is 328 g/mol. The minimum absolute atomic E-state index is 0.255. The van der Waals surface area contributed by atoms with E-state index in [1.54, 1.807) is 55.6 Å². The normalized spacial score (nSPS) is 11.4. The first kappa shape index (κ1) is 17.3. The molecule has 0 saturated heterocycles. The van der Waals surface area contributed by atoms with Gasteiger partial charge in [-0.2, -0.15) is 0 Å². The largest absolute Gasteiger partial charge is 0.497 e. The van der Waals surface area contributed by atoms with Gasteiger partial charge < -0.3 is 20.5 Å². The van der Waals surface area contributed by atoms with Crippen molar-refractivity contribution in [1.29, 1.82) is 0 Å². The van der Waals surface area contributed by atoms with Crippen molar-refractivity contribution in [3.05, 3.63) is 54.1 Å². The third-order valence-corrected chi connectivity index (χ3v) is 3.45. The number of anilines is 1. The van der Waals surface area contributed by atoms with E-state index in [0.717, 1.165) is 0 Å². The molecule has 2 aromatic carbocycles. The molecule has 0 aliphatic rings. The van der Waals surface area contributed by atoms with E-state index in [2.05, 4.69) is 5.32 Å². The molecule has 0 bridgehead atoms. The van der Waals surface area contributed by atoms with E-state index in [1.807, 2.05) is 6.92 Å². The van der Waals surface area contributed by atoms with Gasteiger partial charge in [0.25, 0.3) is 11.8 Å². The fraction of sp³-hybridized carbons (Fsp3) is 0.222. The van der Waals surface area contributed by atoms with Gasteiger partial charge in [0, 0.05) is 0 Å². The lowest BCUT2D eigenvalue weighted by Crippen LogP contribution is -2.33. The number of ether oxygens (including phenoxy) is 2. The van der Waals surface area contributed by atoms with Gasteiger partial charge in [0.05, 0.1) is 18.4 Å². The summed E-state index contributed by atoms with van der Waals surface area (Å²) in [4.78, 5) is 23.9. The zero-order valence-electron chi connectivity index (χ0n) is 13.6. The lowest BCUT2D eigenvalue weighted by Gasteiger charge is -2.18. The molecule has 0 radical (unpaired) electrons. The molecule has 0 unspecified atom stereocenters. The minimum Gasteiger partial charge on any atom is -0.497 e. The number of benzene rings is 2. The second-order valence-electron chi connectivity index (χ2n) is 5.09. The monoisotopic (exact) mass is 328 g/mol. The van der Waals surface area contributed by atoms with Crippen LogP contribution in [0.2, 0.25) is 0 Å². The van der Waals surface area contributed by atoms with Crippen molar-refractivity contribution in [1.82, 2.24) is 0 Å². The Balaban J connectivity index is 2.10. The molecule has 0 saturated carbocycles. The highest BCUT2D eigenvalue weighted by Crippen LogP contribution is 2.20. The number of hydrogen-bond acceptors (Lipinski definition) is 4. The van der Waals surface area contributed by atoms with Gasteiger partial charge in [0.1, 0.15) is 11.5 Å². The molecule has 1 atom stereocenters. The number of carbonyl (C=O) groups is 2. The summed E-state index contributed by atoms with van der Waals surface area (Å²) in [5.41, 5.74) is 5.94. The number of carbonyl (C=O) groups excluding carboxylic acids is 2. The van der Waals surface area contributed by atoms with Crippen LogP contribution in [-0.2, 0) is 4.79 Å². The Morgan fingerprint density at radius 3 is 2.29 bits per heavy atom. The first-order chi connectivity index (χ1) is 11.5. The molecule has 0 fully saturated rings. The first-order valence-electron chi connectivity index (χ1n) is 7.55. The Morgan fingerprint density at radius 1 is 1.08 bits per heavy atom. The van der Waals surface area contributed by atoms with Crippen molar-refractivity contribution in [3.63, 3.8) is 0 Å². The first-order valence-corrected chi connectivity index (χ1v) is 7.55. The number of hydrogen-bond donors (Lipinski definition) is 2. The van der Waals surface area contributed by atoms with Crippen LogP contribution in [0.5, 0.6) is 11.5 Å². The van der Waals surface area contributed by atoms with Crippen LogP contribution in [0.3, 0.4) is 0 Å². The lowest BCUT2D eigenvalue weighted by molar-refractivity contribution is -0.122. The van der Waals surface area contributed by atoms with Crippen LogP contribution < -0.4 is 20.5 Å². The number of rotatable bonds is 7. The summed E-state index contributed by atoms with van der Waals surface area (Å²) in [6.45, 7) is 1.84. The number of nitrogens with one attached hydrogen (secondary N) is 1. The quantitative estimate of drug-likeness (QED) is 0.817. The summed E-state index contributed by atoms with van der Waals surface area (Å²) in [5.74, 6) is 0.313. The zero-order chi connectivity index (χ0) is 17.5. The third-order valence-electron chi connectivity index (χ3n) is 3.45. The highest BCUT2D eigenvalue weighted by molar-refractivity contribution is 6.04. The molecule has 0 aliphatic heterocycles. The van der Waals surface area contributed by atoms with Gasteiger partial charge in [-0.15, -0.1) is 0 Å². The Kier molecular flexibility index (Phi) is 5.78. The SMILES string of the molecule is CC[C@H](Oc1ccc(OC)cc1)C(=O)Nc1ccccc1C(N)=O. The van der Waals surface area contributed by atoms with E-state index >= 15 is 0 Å². The Labute approximate surface area is 140 Å². The topological polar surface area (TPSA) is 90.7 Å². The lowest BCUT2D eigenvalue weighted by atomic mass is 10.1. The van der Waals surface area contributed by atoms with Crippen molar-refractivity contribution in [2.24, 2.45) is 5.73 Å². The fourth-order valence-corrected chi connectivity index (χ4v) is 2.16. The Bertz CT molecular complexity index is 713. The highest BCUT2D eigenvalue weighted by atomic mass is 16.5. The molecule has 3 N–H and O–H groups in total. The van der Waals surface area contributed by atoms with Crippen LogP contribution in [0, 0.1) is 0 Å². The van der Waals surface area contributed by atoms with E-state index in [0.29, 0.717) is 23.6 Å². The fourth-order valence-electron chi connectivity index (χ4n) is 2.16. The van der Waals surface area contributed by atoms with Crippen LogP contribution in [0.4, 0.5) is 5.69 Å². The van der Waals surface area contributed by atoms with Gasteiger partial charge in [0.2, 0.25) is 0 Å². The second kappa shape index (κ2) is 8.01. The molecular weight excluding hydrogens is 308 g/mol. The predicted octanol–water partition coefficient (Wildman–Crippen LogP) is 2.59. The summed E-state index contributed by atoms with van der Waals surface area (Å²) >= 11 is 0. The molecule has 24 heavy (non-hydrogen) atoms. The van der Waals surface area contributed by atoms with E-state index < -0.39 is 12.0 Å². The summed E-state index contributed by atoms with van der Waals surface area (Å²) < 4.78 is 10.8. The van der Waals surface area contributed by atoms with Crippen LogP contribution in [0.25, 0.3) is 0 Å². The molecule has 2 aromatic rings. The van der Waals surface area contributed by atoms with Crippen LogP contribution in [0.1, 0.15) is 23.7 Å². The maximum absolute atomic E-state index is 12.4. The van der Waals surface area contributed by atoms with E-state index in [4.69, 9.17) is 15.2 Å². The highest BCUT2D eigenvalue weighted by Gasteiger charge is 2.20. The van der Waals surface area contributed by atoms with E-state index in [9.17, 15) is 9.59 Å². The maximum atomic E-state index is 12.4. The third kappa shape index (κ3) is 4.25. The molecule has 2 rings (SSSR count). The van der Waals surface area contributed by atoms with Gasteiger partial charge in [0.15, 0.2) is 6.10 Å². The molecule has 0 spiro atoms. The van der Waals surface area contributed by atoms with Crippen molar-refractivity contribution in [3.8, 4) is 11.5 Å². The summed E-state index contributed by atoms with van der Waals surface area (Å²) in [7, 11) is 1.58. The van der Waals surface area contributed by atoms with Crippen LogP contribution >= 0.6 is 0 Å². The summed E-state index contributed by atoms with van der Waals surface area (Å²) in [6.07, 6.45) is -0.226. The molecular formula is C18H20N2O4. The van der Waals surface area contributed by atoms with Crippen molar-refractivity contribution in [2.45, 2.75) is 19.4 Å². The van der Waals surface area contributed by atoms with Gasteiger partial charge in [-0.1, -0.05) is 19.1 Å². The zero-order valence-corrected chi connectivity index (χ0v) is 13.6. The van der Waals surface area contributed by atoms with Crippen LogP contribution in [-0.4, -0.2) is 25.0 Å². The molecule has 6 nitrogen and oxygen atoms in total. The second-order valence-corrected chi connectivity index (χ2v) is 5.09. The number of nitrogens with two attached hydrogens (primary N) is 1. The van der Waals surface area contributed by atoms with Crippen molar-refractivity contribution < 1.29 is 19.1 Å². The minimum atomic E-state index is -0.695. The Morgan fingerprint density at radius 2 is 1.71 bits per heavy atom. The van der Waals surface area contributed by atoms with Gasteiger partial charge >= 0.3 is 0 Å². The van der Waals surface area contributed by atoms with E-state index in [-0.39, 0.29) is 11.5 Å². The number of para-hydroxylation sites is 1. The standard InChI is InChI=1S/C18H20N2O4/c1-3-16(24-13-10-8-12(23-2)9-11-13)18(22)20-15-7-5-4-6-14(15)17(19)21/h4-11,16H,3H2,1-2H3,(H2,19,21)(H,20,22)/t16-/m0/s1. The molecule has 2 amide bonds. The number of amides is 2. The van der Waals surface area contributed by atoms with E-state index in [1.165, 1.54) is 0 Å². The Hall–Kier alpha value is -3.02. The molecule has 6 heteroatoms. The molecule has 0 aromatic heterocycles. The molecule has 0 aliphatic carbocycles. The van der Waals surface area contributed by atoms with Crippen molar-refractivity contribution in [2.75, 3.05) is 12.4 Å². The average Bonchev–Trinajstić information content (AvgIpc) is 2.60. The number of methoxy groups -OCH3 is 1. The van der Waals surface area contributed by atoms with Gasteiger partial charge in [-0.05, 0) is 42.8 Å². The summed E-state index contributed by atoms with van der Waals surface area (Å²) in [5, 5.41) is 2.70. The predicted molar refractivity (Wildman–Crippen MR) is 91.3 cm³/mol. The van der Waals surface area contributed by atoms with Crippen LogP contribution in [0.15, 0.2) is 48.5 Å². The molecule has 0 heterocycles. The molecule has 126 valence electrons. The van der Waals surface area contributed by atoms with Gasteiger partial charge in [-0.3, -0.25) is 9.59 Å². The van der Waals surface area contributed by atoms with Gasteiger partial charge in [-0.25, -0.2) is 0 Å². The summed E-state index contributed by atoms with van der Waals surface area (Å²) in [6, 6.07) is 13.5.